The van der Waals surface area contributed by atoms with Gasteiger partial charge in [-0.1, -0.05) is 40.0 Å². The van der Waals surface area contributed by atoms with Gasteiger partial charge >= 0.3 is 0 Å². The minimum Gasteiger partial charge on any atom is -0.0654 e. The van der Waals surface area contributed by atoms with Gasteiger partial charge in [0.2, 0.25) is 0 Å². The fourth-order valence-electron chi connectivity index (χ4n) is 3.71. The molecule has 0 aliphatic heterocycles. The molecular formula is C14H26. The lowest BCUT2D eigenvalue weighted by Crippen LogP contribution is -2.23. The molecular weight excluding hydrogens is 168 g/mol. The smallest absolute Gasteiger partial charge is 0.0295 e. The molecule has 0 nitrogen and oxygen atoms in total. The van der Waals surface area contributed by atoms with Gasteiger partial charge in [0, 0.05) is 0 Å². The Labute approximate surface area is 89.5 Å². The third-order valence-electron chi connectivity index (χ3n) is 4.88. The molecule has 0 bridgehead atoms. The van der Waals surface area contributed by atoms with Crippen LogP contribution in [0.2, 0.25) is 0 Å². The second-order valence-electron chi connectivity index (χ2n) is 6.23. The van der Waals surface area contributed by atoms with Crippen LogP contribution in [0.3, 0.4) is 0 Å². The van der Waals surface area contributed by atoms with Crippen molar-refractivity contribution >= 4 is 0 Å². The van der Waals surface area contributed by atoms with E-state index < -0.39 is 0 Å². The summed E-state index contributed by atoms with van der Waals surface area (Å²) < 4.78 is 0. The molecule has 0 heterocycles. The molecule has 4 atom stereocenters. The summed E-state index contributed by atoms with van der Waals surface area (Å²) in [5.41, 5.74) is 0.716. The van der Waals surface area contributed by atoms with Crippen LogP contribution < -0.4 is 0 Å². The van der Waals surface area contributed by atoms with Gasteiger partial charge in [-0.2, -0.15) is 0 Å². The van der Waals surface area contributed by atoms with E-state index in [0.29, 0.717) is 5.41 Å². The lowest BCUT2D eigenvalue weighted by atomic mass is 9.72. The molecule has 0 heteroatoms. The summed E-state index contributed by atoms with van der Waals surface area (Å²) in [6.45, 7) is 7.37. The van der Waals surface area contributed by atoms with Crippen molar-refractivity contribution < 1.29 is 0 Å². The summed E-state index contributed by atoms with van der Waals surface area (Å²) in [6.07, 6.45) is 10.4. The SMILES string of the molecule is CCCC1(C)CCC(C)CCC2CC21. The molecule has 0 saturated heterocycles. The van der Waals surface area contributed by atoms with Gasteiger partial charge in [-0.15, -0.1) is 0 Å². The summed E-state index contributed by atoms with van der Waals surface area (Å²) in [4.78, 5) is 0. The van der Waals surface area contributed by atoms with Crippen molar-refractivity contribution in [2.45, 2.75) is 65.7 Å². The first-order valence-electron chi connectivity index (χ1n) is 6.65. The molecule has 0 aromatic carbocycles. The summed E-state index contributed by atoms with van der Waals surface area (Å²) >= 11 is 0. The van der Waals surface area contributed by atoms with E-state index in [1.807, 2.05) is 0 Å². The van der Waals surface area contributed by atoms with Crippen LogP contribution in [0.25, 0.3) is 0 Å². The van der Waals surface area contributed by atoms with Gasteiger partial charge in [0.15, 0.2) is 0 Å². The van der Waals surface area contributed by atoms with Gasteiger partial charge in [-0.05, 0) is 48.9 Å². The first-order valence-corrected chi connectivity index (χ1v) is 6.65. The Morgan fingerprint density at radius 2 is 2.00 bits per heavy atom. The van der Waals surface area contributed by atoms with Gasteiger partial charge in [0.25, 0.3) is 0 Å². The fraction of sp³-hybridized carbons (Fsp3) is 1.00. The minimum absolute atomic E-state index is 0.716. The van der Waals surface area contributed by atoms with E-state index in [2.05, 4.69) is 20.8 Å². The third-order valence-corrected chi connectivity index (χ3v) is 4.88. The monoisotopic (exact) mass is 194 g/mol. The lowest BCUT2D eigenvalue weighted by Gasteiger charge is -2.33. The van der Waals surface area contributed by atoms with Crippen molar-refractivity contribution in [3.63, 3.8) is 0 Å². The van der Waals surface area contributed by atoms with E-state index in [4.69, 9.17) is 0 Å². The quantitative estimate of drug-likeness (QED) is 0.601. The molecule has 0 spiro atoms. The van der Waals surface area contributed by atoms with Crippen LogP contribution in [0.1, 0.15) is 65.7 Å². The minimum atomic E-state index is 0.716. The van der Waals surface area contributed by atoms with Gasteiger partial charge in [0.05, 0.1) is 0 Å². The summed E-state index contributed by atoms with van der Waals surface area (Å²) in [5.74, 6) is 3.22. The van der Waals surface area contributed by atoms with E-state index in [-0.39, 0.29) is 0 Å². The molecule has 0 aromatic rings. The summed E-state index contributed by atoms with van der Waals surface area (Å²) in [6, 6.07) is 0. The van der Waals surface area contributed by atoms with E-state index in [0.717, 1.165) is 17.8 Å². The van der Waals surface area contributed by atoms with Crippen LogP contribution in [0.4, 0.5) is 0 Å². The topological polar surface area (TPSA) is 0 Å². The van der Waals surface area contributed by atoms with E-state index in [1.165, 1.54) is 38.5 Å². The Hall–Kier alpha value is 0. The van der Waals surface area contributed by atoms with Crippen molar-refractivity contribution in [3.8, 4) is 0 Å². The Morgan fingerprint density at radius 3 is 2.71 bits per heavy atom. The molecule has 2 aliphatic rings. The third kappa shape index (κ3) is 1.99. The zero-order chi connectivity index (χ0) is 10.2. The van der Waals surface area contributed by atoms with Gasteiger partial charge in [-0.3, -0.25) is 0 Å². The number of fused-ring (bicyclic) bond motifs is 1. The second kappa shape index (κ2) is 3.87. The maximum Gasteiger partial charge on any atom is -0.0295 e. The van der Waals surface area contributed by atoms with Crippen LogP contribution in [-0.2, 0) is 0 Å². The Balaban J connectivity index is 2.00. The highest BCUT2D eigenvalue weighted by atomic mass is 14.5. The molecule has 14 heavy (non-hydrogen) atoms. The van der Waals surface area contributed by atoms with Gasteiger partial charge < -0.3 is 0 Å². The predicted octanol–water partition coefficient (Wildman–Crippen LogP) is 4.64. The van der Waals surface area contributed by atoms with Crippen molar-refractivity contribution in [1.29, 1.82) is 0 Å². The highest BCUT2D eigenvalue weighted by Gasteiger charge is 2.49. The van der Waals surface area contributed by atoms with Crippen molar-refractivity contribution in [2.75, 3.05) is 0 Å². The lowest BCUT2D eigenvalue weighted by molar-refractivity contribution is 0.176. The van der Waals surface area contributed by atoms with Crippen molar-refractivity contribution in [2.24, 2.45) is 23.2 Å². The average molecular weight is 194 g/mol. The molecule has 0 radical (unpaired) electrons. The average Bonchev–Trinajstić information content (AvgIpc) is 2.90. The van der Waals surface area contributed by atoms with Crippen LogP contribution in [0, 0.1) is 23.2 Å². The van der Waals surface area contributed by atoms with Crippen LogP contribution in [0.5, 0.6) is 0 Å². The molecule has 2 aliphatic carbocycles. The molecule has 2 fully saturated rings. The van der Waals surface area contributed by atoms with E-state index in [1.54, 1.807) is 6.42 Å². The number of hydrogen-bond donors (Lipinski definition) is 0. The molecule has 2 rings (SSSR count). The highest BCUT2D eigenvalue weighted by molar-refractivity contribution is 4.99. The van der Waals surface area contributed by atoms with Gasteiger partial charge in [-0.25, -0.2) is 0 Å². The Morgan fingerprint density at radius 1 is 1.21 bits per heavy atom. The molecule has 0 aromatic heterocycles. The zero-order valence-electron chi connectivity index (χ0n) is 10.2. The Bertz CT molecular complexity index is 196. The summed E-state index contributed by atoms with van der Waals surface area (Å²) in [7, 11) is 0. The maximum atomic E-state index is 2.57. The number of rotatable bonds is 2. The standard InChI is InChI=1S/C14H26/c1-4-8-14(3)9-7-11(2)5-6-12-10-13(12)14/h11-13H,4-10H2,1-3H3. The first kappa shape index (κ1) is 10.5. The maximum absolute atomic E-state index is 2.57. The van der Waals surface area contributed by atoms with E-state index >= 15 is 0 Å². The Kier molecular flexibility index (Phi) is 2.91. The van der Waals surface area contributed by atoms with Crippen LogP contribution in [-0.4, -0.2) is 0 Å². The first-order chi connectivity index (χ1) is 6.65. The predicted molar refractivity (Wildman–Crippen MR) is 62.2 cm³/mol. The normalized spacial score (nSPS) is 47.8. The molecule has 82 valence electrons. The molecule has 4 unspecified atom stereocenters. The van der Waals surface area contributed by atoms with Crippen LogP contribution in [0.15, 0.2) is 0 Å². The largest absolute Gasteiger partial charge is 0.0654 e. The van der Waals surface area contributed by atoms with Crippen molar-refractivity contribution in [1.82, 2.24) is 0 Å². The highest BCUT2D eigenvalue weighted by Crippen LogP contribution is 2.58. The van der Waals surface area contributed by atoms with Crippen LogP contribution >= 0.6 is 0 Å². The number of hydrogen-bond acceptors (Lipinski definition) is 0. The fourth-order valence-corrected chi connectivity index (χ4v) is 3.71. The molecule has 0 amide bonds. The van der Waals surface area contributed by atoms with Gasteiger partial charge in [0.1, 0.15) is 0 Å². The molecule has 0 N–H and O–H groups in total. The second-order valence-corrected chi connectivity index (χ2v) is 6.23. The van der Waals surface area contributed by atoms with Crippen molar-refractivity contribution in [3.05, 3.63) is 0 Å². The van der Waals surface area contributed by atoms with E-state index in [9.17, 15) is 0 Å². The molecule has 2 saturated carbocycles. The zero-order valence-corrected chi connectivity index (χ0v) is 10.2. The summed E-state index contributed by atoms with van der Waals surface area (Å²) in [5, 5.41) is 0.